The van der Waals surface area contributed by atoms with Crippen LogP contribution >= 0.6 is 0 Å². The number of carbonyl (C=O) groups is 1. The molecule has 0 aliphatic carbocycles. The number of aromatic nitrogens is 1. The summed E-state index contributed by atoms with van der Waals surface area (Å²) >= 11 is 0. The molecule has 1 unspecified atom stereocenters. The maximum absolute atomic E-state index is 12.8. The Kier molecular flexibility index (Phi) is 3.19. The Balaban J connectivity index is 1.54. The van der Waals surface area contributed by atoms with E-state index in [2.05, 4.69) is 9.88 Å². The molecule has 1 amide bonds. The molecule has 1 aromatic heterocycles. The predicted octanol–water partition coefficient (Wildman–Crippen LogP) is 2.48. The summed E-state index contributed by atoms with van der Waals surface area (Å²) < 4.78 is 0. The van der Waals surface area contributed by atoms with Gasteiger partial charge in [0, 0.05) is 41.8 Å². The quantitative estimate of drug-likeness (QED) is 0.919. The molecular formula is C17H21N3O. The average molecular weight is 283 g/mol. The number of likely N-dealkylation sites (tertiary alicyclic amines) is 2. The molecule has 2 saturated heterocycles. The highest BCUT2D eigenvalue weighted by molar-refractivity contribution is 6.06. The zero-order valence-corrected chi connectivity index (χ0v) is 12.2. The Labute approximate surface area is 124 Å². The Bertz CT molecular complexity index is 657. The van der Waals surface area contributed by atoms with E-state index in [1.54, 1.807) is 0 Å². The van der Waals surface area contributed by atoms with Crippen molar-refractivity contribution >= 4 is 16.8 Å². The van der Waals surface area contributed by atoms with Crippen LogP contribution in [0, 0.1) is 0 Å². The van der Waals surface area contributed by atoms with E-state index in [0.717, 1.165) is 36.0 Å². The van der Waals surface area contributed by atoms with Gasteiger partial charge in [-0.15, -0.1) is 0 Å². The summed E-state index contributed by atoms with van der Waals surface area (Å²) in [6.45, 7) is 4.20. The summed E-state index contributed by atoms with van der Waals surface area (Å²) in [4.78, 5) is 20.6. The fraction of sp³-hybridized carbons (Fsp3) is 0.471. The van der Waals surface area contributed by atoms with E-state index in [9.17, 15) is 4.79 Å². The van der Waals surface area contributed by atoms with Gasteiger partial charge in [0.15, 0.2) is 0 Å². The molecule has 4 heteroatoms. The number of nitrogens with one attached hydrogen (secondary N) is 1. The standard InChI is InChI=1S/C17H21N3O/c21-17(15-4-3-5-16-14(15)6-8-18-16)20-11-7-13(12-20)19-9-1-2-10-19/h3-6,8,13,18H,1-2,7,9-12H2. The van der Waals surface area contributed by atoms with Crippen LogP contribution in [0.4, 0.5) is 0 Å². The predicted molar refractivity (Wildman–Crippen MR) is 83.4 cm³/mol. The number of hydrogen-bond acceptors (Lipinski definition) is 2. The van der Waals surface area contributed by atoms with Gasteiger partial charge in [-0.3, -0.25) is 9.69 Å². The highest BCUT2D eigenvalue weighted by Gasteiger charge is 2.32. The molecule has 0 spiro atoms. The van der Waals surface area contributed by atoms with E-state index in [4.69, 9.17) is 0 Å². The Morgan fingerprint density at radius 2 is 2.00 bits per heavy atom. The Hall–Kier alpha value is -1.81. The van der Waals surface area contributed by atoms with E-state index >= 15 is 0 Å². The van der Waals surface area contributed by atoms with Gasteiger partial charge in [-0.25, -0.2) is 0 Å². The number of fused-ring (bicyclic) bond motifs is 1. The first-order valence-electron chi connectivity index (χ1n) is 7.92. The van der Waals surface area contributed by atoms with Crippen LogP contribution in [0.25, 0.3) is 10.9 Å². The van der Waals surface area contributed by atoms with Gasteiger partial charge in [-0.1, -0.05) is 6.07 Å². The van der Waals surface area contributed by atoms with Crippen LogP contribution in [0.15, 0.2) is 30.5 Å². The first-order valence-corrected chi connectivity index (χ1v) is 7.92. The normalized spacial score (nSPS) is 23.2. The number of carbonyl (C=O) groups excluding carboxylic acids is 1. The SMILES string of the molecule is O=C(c1cccc2[nH]ccc12)N1CCC(N2CCCC2)C1. The fourth-order valence-electron chi connectivity index (χ4n) is 3.77. The summed E-state index contributed by atoms with van der Waals surface area (Å²) in [5, 5.41) is 1.03. The van der Waals surface area contributed by atoms with Gasteiger partial charge in [-0.05, 0) is 50.6 Å². The summed E-state index contributed by atoms with van der Waals surface area (Å²) in [6.07, 6.45) is 5.65. The van der Waals surface area contributed by atoms with Gasteiger partial charge in [0.05, 0.1) is 0 Å². The van der Waals surface area contributed by atoms with Gasteiger partial charge >= 0.3 is 0 Å². The maximum Gasteiger partial charge on any atom is 0.254 e. The molecule has 1 atom stereocenters. The van der Waals surface area contributed by atoms with Crippen LogP contribution < -0.4 is 0 Å². The Morgan fingerprint density at radius 1 is 1.14 bits per heavy atom. The average Bonchev–Trinajstić information content (AvgIpc) is 3.23. The highest BCUT2D eigenvalue weighted by Crippen LogP contribution is 2.24. The molecule has 0 bridgehead atoms. The molecule has 2 aliphatic rings. The molecule has 2 fully saturated rings. The van der Waals surface area contributed by atoms with Crippen LogP contribution in [-0.4, -0.2) is 52.9 Å². The van der Waals surface area contributed by atoms with E-state index in [-0.39, 0.29) is 5.91 Å². The second kappa shape index (κ2) is 5.19. The van der Waals surface area contributed by atoms with Gasteiger partial charge in [0.25, 0.3) is 5.91 Å². The molecule has 0 saturated carbocycles. The summed E-state index contributed by atoms with van der Waals surface area (Å²) in [5.41, 5.74) is 1.87. The van der Waals surface area contributed by atoms with Crippen LogP contribution in [0.1, 0.15) is 29.6 Å². The van der Waals surface area contributed by atoms with E-state index < -0.39 is 0 Å². The lowest BCUT2D eigenvalue weighted by Crippen LogP contribution is -2.37. The maximum atomic E-state index is 12.8. The van der Waals surface area contributed by atoms with E-state index in [0.29, 0.717) is 6.04 Å². The van der Waals surface area contributed by atoms with Crippen molar-refractivity contribution in [2.24, 2.45) is 0 Å². The van der Waals surface area contributed by atoms with Crippen molar-refractivity contribution in [3.63, 3.8) is 0 Å². The largest absolute Gasteiger partial charge is 0.361 e. The van der Waals surface area contributed by atoms with Gasteiger partial charge in [0.1, 0.15) is 0 Å². The number of hydrogen-bond donors (Lipinski definition) is 1. The zero-order chi connectivity index (χ0) is 14.2. The summed E-state index contributed by atoms with van der Waals surface area (Å²) in [6, 6.07) is 8.49. The summed E-state index contributed by atoms with van der Waals surface area (Å²) in [7, 11) is 0. The molecule has 110 valence electrons. The van der Waals surface area contributed by atoms with Crippen molar-refractivity contribution in [3.05, 3.63) is 36.0 Å². The van der Waals surface area contributed by atoms with E-state index in [1.807, 2.05) is 35.4 Å². The third kappa shape index (κ3) is 2.23. The van der Waals surface area contributed by atoms with Crippen molar-refractivity contribution < 1.29 is 4.79 Å². The number of nitrogens with zero attached hydrogens (tertiary/aromatic N) is 2. The molecule has 0 radical (unpaired) electrons. The van der Waals surface area contributed by atoms with Crippen molar-refractivity contribution in [1.29, 1.82) is 0 Å². The zero-order valence-electron chi connectivity index (χ0n) is 12.2. The smallest absolute Gasteiger partial charge is 0.254 e. The molecule has 2 aliphatic heterocycles. The first-order chi connectivity index (χ1) is 10.3. The Morgan fingerprint density at radius 3 is 2.86 bits per heavy atom. The monoisotopic (exact) mass is 283 g/mol. The van der Waals surface area contributed by atoms with Crippen LogP contribution in [0.5, 0.6) is 0 Å². The van der Waals surface area contributed by atoms with E-state index in [1.165, 1.54) is 25.9 Å². The second-order valence-electron chi connectivity index (χ2n) is 6.18. The number of rotatable bonds is 2. The number of aromatic amines is 1. The topological polar surface area (TPSA) is 39.3 Å². The molecule has 1 aromatic carbocycles. The fourth-order valence-corrected chi connectivity index (χ4v) is 3.77. The molecule has 21 heavy (non-hydrogen) atoms. The van der Waals surface area contributed by atoms with Crippen LogP contribution in [-0.2, 0) is 0 Å². The highest BCUT2D eigenvalue weighted by atomic mass is 16.2. The van der Waals surface area contributed by atoms with Crippen LogP contribution in [0.2, 0.25) is 0 Å². The first kappa shape index (κ1) is 12.9. The van der Waals surface area contributed by atoms with Gasteiger partial charge < -0.3 is 9.88 Å². The van der Waals surface area contributed by atoms with Crippen molar-refractivity contribution in [1.82, 2.24) is 14.8 Å². The van der Waals surface area contributed by atoms with Gasteiger partial charge in [-0.2, -0.15) is 0 Å². The number of benzene rings is 1. The molecule has 4 nitrogen and oxygen atoms in total. The molecular weight excluding hydrogens is 262 g/mol. The lowest BCUT2D eigenvalue weighted by molar-refractivity contribution is 0.0782. The lowest BCUT2D eigenvalue weighted by Gasteiger charge is -2.23. The third-order valence-electron chi connectivity index (χ3n) is 4.93. The minimum atomic E-state index is 0.182. The molecule has 2 aromatic rings. The molecule has 1 N–H and O–H groups in total. The van der Waals surface area contributed by atoms with Gasteiger partial charge in [0.2, 0.25) is 0 Å². The summed E-state index contributed by atoms with van der Waals surface area (Å²) in [5.74, 6) is 0.182. The minimum Gasteiger partial charge on any atom is -0.361 e. The van der Waals surface area contributed by atoms with Crippen molar-refractivity contribution in [3.8, 4) is 0 Å². The molecule has 3 heterocycles. The number of H-pyrrole nitrogens is 1. The van der Waals surface area contributed by atoms with Crippen LogP contribution in [0.3, 0.4) is 0 Å². The lowest BCUT2D eigenvalue weighted by atomic mass is 10.1. The molecule has 4 rings (SSSR count). The van der Waals surface area contributed by atoms with Crippen molar-refractivity contribution in [2.75, 3.05) is 26.2 Å². The number of amides is 1. The second-order valence-corrected chi connectivity index (χ2v) is 6.18. The minimum absolute atomic E-state index is 0.182. The third-order valence-corrected chi connectivity index (χ3v) is 4.93. The van der Waals surface area contributed by atoms with Crippen molar-refractivity contribution in [2.45, 2.75) is 25.3 Å².